The van der Waals surface area contributed by atoms with Crippen molar-refractivity contribution in [1.29, 1.82) is 0 Å². The molecule has 0 aliphatic carbocycles. The van der Waals surface area contributed by atoms with E-state index in [0.717, 1.165) is 0 Å². The Bertz CT molecular complexity index is 613. The largest absolute Gasteiger partial charge is 0.480 e. The first-order valence-corrected chi connectivity index (χ1v) is 11.1. The van der Waals surface area contributed by atoms with Crippen molar-refractivity contribution in [2.75, 3.05) is 13.2 Å². The molecule has 0 rings (SSSR count). The number of nitrogens with one attached hydrogen (secondary N) is 3. The number of carboxylic acid groups (broad SMARTS) is 1. The van der Waals surface area contributed by atoms with Crippen molar-refractivity contribution in [3.63, 3.8) is 0 Å². The summed E-state index contributed by atoms with van der Waals surface area (Å²) in [6, 6.07) is -4.19. The van der Waals surface area contributed by atoms with E-state index in [-0.39, 0.29) is 24.7 Å². The topological polar surface area (TPSA) is 197 Å². The Morgan fingerprint density at radius 1 is 0.781 bits per heavy atom. The first-order chi connectivity index (χ1) is 14.9. The van der Waals surface area contributed by atoms with Gasteiger partial charge in [-0.25, -0.2) is 4.79 Å². The average molecular weight is 460 g/mol. The minimum Gasteiger partial charge on any atom is -0.480 e. The molecule has 0 saturated carbocycles. The highest BCUT2D eigenvalue weighted by molar-refractivity contribution is 5.94. The van der Waals surface area contributed by atoms with Crippen molar-refractivity contribution < 1.29 is 29.4 Å². The number of hydrogen-bond acceptors (Lipinski definition) is 7. The Kier molecular flexibility index (Phi) is 14.5. The molecule has 32 heavy (non-hydrogen) atoms. The minimum absolute atomic E-state index is 0.0347. The van der Waals surface area contributed by atoms with E-state index in [1.807, 2.05) is 27.7 Å². The fourth-order valence-corrected chi connectivity index (χ4v) is 3.06. The summed E-state index contributed by atoms with van der Waals surface area (Å²) in [5.74, 6) is -2.93. The molecule has 3 amide bonds. The van der Waals surface area contributed by atoms with Gasteiger partial charge < -0.3 is 37.6 Å². The predicted molar refractivity (Wildman–Crippen MR) is 120 cm³/mol. The summed E-state index contributed by atoms with van der Waals surface area (Å²) in [5, 5.41) is 26.1. The van der Waals surface area contributed by atoms with Crippen LogP contribution in [0.2, 0.25) is 0 Å². The zero-order chi connectivity index (χ0) is 24.8. The highest BCUT2D eigenvalue weighted by Gasteiger charge is 2.30. The Morgan fingerprint density at radius 2 is 1.22 bits per heavy atom. The molecule has 0 aromatic heterocycles. The molecular weight excluding hydrogens is 418 g/mol. The van der Waals surface area contributed by atoms with Crippen LogP contribution in [0.25, 0.3) is 0 Å². The first kappa shape index (κ1) is 29.8. The minimum atomic E-state index is -1.17. The zero-order valence-electron chi connectivity index (χ0n) is 19.6. The summed E-state index contributed by atoms with van der Waals surface area (Å²) in [7, 11) is 0. The summed E-state index contributed by atoms with van der Waals surface area (Å²) in [6.45, 7) is 7.34. The molecule has 0 aliphatic rings. The average Bonchev–Trinajstić information content (AvgIpc) is 2.70. The Labute approximate surface area is 190 Å². The van der Waals surface area contributed by atoms with Crippen LogP contribution in [0.15, 0.2) is 0 Å². The van der Waals surface area contributed by atoms with E-state index in [1.54, 1.807) is 0 Å². The van der Waals surface area contributed by atoms with Crippen molar-refractivity contribution in [2.24, 2.45) is 23.3 Å². The third-order valence-corrected chi connectivity index (χ3v) is 4.78. The number of aliphatic carboxylic acids is 1. The SMILES string of the molecule is CC(C)C[C@H](NC(=O)[C@H](CC(C)C)NC(=O)[C@@H](N)CO)C(=O)N[C@@H](CCCCN)C(=O)O. The Morgan fingerprint density at radius 3 is 1.59 bits per heavy atom. The van der Waals surface area contributed by atoms with E-state index in [0.29, 0.717) is 25.8 Å². The quantitative estimate of drug-likeness (QED) is 0.144. The second-order valence-electron chi connectivity index (χ2n) is 8.85. The van der Waals surface area contributed by atoms with Gasteiger partial charge in [0.1, 0.15) is 24.2 Å². The van der Waals surface area contributed by atoms with Crippen molar-refractivity contribution in [3.8, 4) is 0 Å². The number of nitrogens with two attached hydrogens (primary N) is 2. The van der Waals surface area contributed by atoms with Gasteiger partial charge in [0.25, 0.3) is 0 Å². The number of hydrogen-bond donors (Lipinski definition) is 7. The number of carboxylic acids is 1. The maximum absolute atomic E-state index is 12.9. The summed E-state index contributed by atoms with van der Waals surface area (Å²) >= 11 is 0. The summed E-state index contributed by atoms with van der Waals surface area (Å²) in [5.41, 5.74) is 11.0. The lowest BCUT2D eigenvalue weighted by molar-refractivity contribution is -0.142. The fraction of sp³-hybridized carbons (Fsp3) is 0.810. The molecule has 0 radical (unpaired) electrons. The molecule has 0 aromatic rings. The van der Waals surface area contributed by atoms with Gasteiger partial charge in [0.2, 0.25) is 17.7 Å². The second-order valence-corrected chi connectivity index (χ2v) is 8.85. The number of carbonyl (C=O) groups is 4. The van der Waals surface area contributed by atoms with Crippen molar-refractivity contribution in [1.82, 2.24) is 16.0 Å². The van der Waals surface area contributed by atoms with Gasteiger partial charge >= 0.3 is 5.97 Å². The Hall–Kier alpha value is -2.24. The van der Waals surface area contributed by atoms with Crippen LogP contribution >= 0.6 is 0 Å². The van der Waals surface area contributed by atoms with Crippen LogP contribution in [0.4, 0.5) is 0 Å². The molecule has 0 bridgehead atoms. The lowest BCUT2D eigenvalue weighted by atomic mass is 9.99. The number of carbonyl (C=O) groups excluding carboxylic acids is 3. The van der Waals surface area contributed by atoms with Gasteiger partial charge in [0.05, 0.1) is 6.61 Å². The molecule has 9 N–H and O–H groups in total. The van der Waals surface area contributed by atoms with Crippen molar-refractivity contribution >= 4 is 23.7 Å². The standard InChI is InChI=1S/C21H41N5O6/c1-12(2)9-16(25-18(28)14(23)11-27)20(30)26-17(10-13(3)4)19(29)24-15(21(31)32)7-5-6-8-22/h12-17,27H,5-11,22-23H2,1-4H3,(H,24,29)(H,25,28)(H,26,30)(H,31,32)/t14-,15-,16-,17-/m0/s1. The lowest BCUT2D eigenvalue weighted by Crippen LogP contribution is -2.57. The van der Waals surface area contributed by atoms with Gasteiger partial charge in [-0.05, 0) is 50.5 Å². The van der Waals surface area contributed by atoms with Crippen molar-refractivity contribution in [3.05, 3.63) is 0 Å². The number of aliphatic hydroxyl groups is 1. The van der Waals surface area contributed by atoms with Crippen LogP contribution < -0.4 is 27.4 Å². The fourth-order valence-electron chi connectivity index (χ4n) is 3.06. The number of amides is 3. The molecule has 4 atom stereocenters. The molecule has 0 aromatic carbocycles. The zero-order valence-corrected chi connectivity index (χ0v) is 19.6. The molecule has 0 aliphatic heterocycles. The molecule has 186 valence electrons. The van der Waals surface area contributed by atoms with Gasteiger partial charge in [0, 0.05) is 0 Å². The lowest BCUT2D eigenvalue weighted by Gasteiger charge is -2.26. The monoisotopic (exact) mass is 459 g/mol. The molecule has 0 heterocycles. The van der Waals surface area contributed by atoms with Crippen LogP contribution in [0.1, 0.15) is 59.8 Å². The normalized spacial score (nSPS) is 15.0. The molecule has 0 fully saturated rings. The van der Waals surface area contributed by atoms with Crippen molar-refractivity contribution in [2.45, 2.75) is 84.0 Å². The van der Waals surface area contributed by atoms with Crippen LogP contribution in [0.5, 0.6) is 0 Å². The van der Waals surface area contributed by atoms with Gasteiger partial charge in [-0.1, -0.05) is 27.7 Å². The molecule has 0 unspecified atom stereocenters. The molecule has 0 saturated heterocycles. The van der Waals surface area contributed by atoms with Gasteiger partial charge in [-0.3, -0.25) is 14.4 Å². The van der Waals surface area contributed by atoms with E-state index >= 15 is 0 Å². The van der Waals surface area contributed by atoms with Crippen LogP contribution in [-0.4, -0.2) is 71.2 Å². The maximum atomic E-state index is 12.9. The summed E-state index contributed by atoms with van der Waals surface area (Å²) in [4.78, 5) is 49.4. The van der Waals surface area contributed by atoms with Gasteiger partial charge in [0.15, 0.2) is 0 Å². The van der Waals surface area contributed by atoms with E-state index in [4.69, 9.17) is 16.6 Å². The van der Waals surface area contributed by atoms with E-state index < -0.39 is 54.5 Å². The van der Waals surface area contributed by atoms with E-state index in [1.165, 1.54) is 0 Å². The Balaban J connectivity index is 5.40. The van der Waals surface area contributed by atoms with Gasteiger partial charge in [-0.15, -0.1) is 0 Å². The maximum Gasteiger partial charge on any atom is 0.326 e. The number of unbranched alkanes of at least 4 members (excludes halogenated alkanes) is 1. The third-order valence-electron chi connectivity index (χ3n) is 4.78. The molecule has 11 nitrogen and oxygen atoms in total. The first-order valence-electron chi connectivity index (χ1n) is 11.1. The van der Waals surface area contributed by atoms with Crippen LogP contribution in [0.3, 0.4) is 0 Å². The molecular formula is C21H41N5O6. The predicted octanol–water partition coefficient (Wildman–Crippen LogP) is -0.934. The number of aliphatic hydroxyl groups excluding tert-OH is 1. The summed E-state index contributed by atoms with van der Waals surface area (Å²) < 4.78 is 0. The molecule has 0 spiro atoms. The third kappa shape index (κ3) is 12.0. The smallest absolute Gasteiger partial charge is 0.326 e. The highest BCUT2D eigenvalue weighted by Crippen LogP contribution is 2.10. The highest BCUT2D eigenvalue weighted by atomic mass is 16.4. The summed E-state index contributed by atoms with van der Waals surface area (Å²) in [6.07, 6.45) is 1.99. The van der Waals surface area contributed by atoms with E-state index in [9.17, 15) is 24.3 Å². The van der Waals surface area contributed by atoms with Gasteiger partial charge in [-0.2, -0.15) is 0 Å². The van der Waals surface area contributed by atoms with Crippen LogP contribution in [0, 0.1) is 11.8 Å². The van der Waals surface area contributed by atoms with Crippen LogP contribution in [-0.2, 0) is 19.2 Å². The van der Waals surface area contributed by atoms with E-state index in [2.05, 4.69) is 16.0 Å². The molecule has 11 heteroatoms. The number of rotatable bonds is 16. The second kappa shape index (κ2) is 15.5.